The zero-order chi connectivity index (χ0) is 22.0. The zero-order valence-corrected chi connectivity index (χ0v) is 18.0. The van der Waals surface area contributed by atoms with E-state index in [1.807, 2.05) is 0 Å². The van der Waals surface area contributed by atoms with Crippen molar-refractivity contribution < 1.29 is 23.9 Å². The third-order valence-electron chi connectivity index (χ3n) is 6.89. The maximum atomic E-state index is 12.9. The Bertz CT molecular complexity index is 890. The standard InChI is InChI=1S/C24H30N2O5/c1-15-7-5-6-10-20(15)25-21(27)14-31-24(30)16-11-12-18-19(13-16)23(29)26(22(18)28)17-8-3-2-4-9-17/h11-13,15,17,20H,2-10,14H2,1H3,(H,25,27)/t15-,20-/m0/s1. The fourth-order valence-electron chi connectivity index (χ4n) is 5.05. The van der Waals surface area contributed by atoms with Crippen LogP contribution in [-0.4, -0.2) is 47.3 Å². The van der Waals surface area contributed by atoms with Crippen molar-refractivity contribution in [3.63, 3.8) is 0 Å². The number of nitrogens with one attached hydrogen (secondary N) is 1. The van der Waals surface area contributed by atoms with E-state index in [4.69, 9.17) is 4.74 Å². The molecule has 2 aliphatic carbocycles. The molecule has 2 atom stereocenters. The van der Waals surface area contributed by atoms with E-state index in [9.17, 15) is 19.2 Å². The number of carbonyl (C=O) groups excluding carboxylic acids is 4. The number of nitrogens with zero attached hydrogens (tertiary/aromatic N) is 1. The maximum absolute atomic E-state index is 12.9. The predicted octanol–water partition coefficient (Wildman–Crippen LogP) is 3.47. The smallest absolute Gasteiger partial charge is 0.338 e. The first-order chi connectivity index (χ1) is 15.0. The number of ether oxygens (including phenoxy) is 1. The van der Waals surface area contributed by atoms with Crippen molar-refractivity contribution in [3.05, 3.63) is 34.9 Å². The molecule has 0 unspecified atom stereocenters. The summed E-state index contributed by atoms with van der Waals surface area (Å²) in [7, 11) is 0. The number of esters is 1. The lowest BCUT2D eigenvalue weighted by atomic mass is 9.86. The summed E-state index contributed by atoms with van der Waals surface area (Å²) in [6, 6.07) is 4.47. The molecule has 0 spiro atoms. The van der Waals surface area contributed by atoms with Gasteiger partial charge in [0, 0.05) is 12.1 Å². The molecule has 1 N–H and O–H groups in total. The lowest BCUT2D eigenvalue weighted by Gasteiger charge is -2.29. The van der Waals surface area contributed by atoms with Crippen LogP contribution in [0.5, 0.6) is 0 Å². The van der Waals surface area contributed by atoms with E-state index in [0.717, 1.165) is 51.4 Å². The second kappa shape index (κ2) is 9.20. The summed E-state index contributed by atoms with van der Waals surface area (Å²) in [6.45, 7) is 1.76. The Morgan fingerprint density at radius 2 is 1.65 bits per heavy atom. The molecule has 7 heteroatoms. The van der Waals surface area contributed by atoms with Crippen LogP contribution in [0.25, 0.3) is 0 Å². The molecule has 0 radical (unpaired) electrons. The van der Waals surface area contributed by atoms with Gasteiger partial charge in [-0.25, -0.2) is 4.79 Å². The molecule has 1 aromatic rings. The largest absolute Gasteiger partial charge is 0.452 e. The quantitative estimate of drug-likeness (QED) is 0.575. The van der Waals surface area contributed by atoms with Crippen molar-refractivity contribution in [3.8, 4) is 0 Å². The number of imide groups is 1. The van der Waals surface area contributed by atoms with Crippen LogP contribution in [0.4, 0.5) is 0 Å². The topological polar surface area (TPSA) is 92.8 Å². The van der Waals surface area contributed by atoms with Gasteiger partial charge >= 0.3 is 5.97 Å². The minimum absolute atomic E-state index is 0.0672. The van der Waals surface area contributed by atoms with Gasteiger partial charge in [0.15, 0.2) is 6.61 Å². The third-order valence-corrected chi connectivity index (χ3v) is 6.89. The van der Waals surface area contributed by atoms with E-state index in [-0.39, 0.29) is 47.5 Å². The van der Waals surface area contributed by atoms with E-state index in [2.05, 4.69) is 12.2 Å². The van der Waals surface area contributed by atoms with Crippen LogP contribution in [-0.2, 0) is 9.53 Å². The van der Waals surface area contributed by atoms with Crippen LogP contribution in [0, 0.1) is 5.92 Å². The molecule has 0 saturated heterocycles. The second-order valence-electron chi connectivity index (χ2n) is 9.04. The molecule has 7 nitrogen and oxygen atoms in total. The van der Waals surface area contributed by atoms with Crippen molar-refractivity contribution in [1.29, 1.82) is 0 Å². The fourth-order valence-corrected chi connectivity index (χ4v) is 5.05. The van der Waals surface area contributed by atoms with Gasteiger partial charge < -0.3 is 10.1 Å². The van der Waals surface area contributed by atoms with Crippen LogP contribution in [0.3, 0.4) is 0 Å². The van der Waals surface area contributed by atoms with Gasteiger partial charge in [-0.1, -0.05) is 39.0 Å². The van der Waals surface area contributed by atoms with Crippen LogP contribution in [0.2, 0.25) is 0 Å². The minimum atomic E-state index is -0.675. The summed E-state index contributed by atoms with van der Waals surface area (Å²) in [4.78, 5) is 51.7. The summed E-state index contributed by atoms with van der Waals surface area (Å²) in [5, 5.41) is 2.95. The molecular weight excluding hydrogens is 396 g/mol. The van der Waals surface area contributed by atoms with Crippen molar-refractivity contribution in [2.24, 2.45) is 5.92 Å². The Morgan fingerprint density at radius 3 is 2.39 bits per heavy atom. The minimum Gasteiger partial charge on any atom is -0.452 e. The van der Waals surface area contributed by atoms with E-state index in [0.29, 0.717) is 11.5 Å². The zero-order valence-electron chi connectivity index (χ0n) is 18.0. The van der Waals surface area contributed by atoms with Gasteiger partial charge in [-0.15, -0.1) is 0 Å². The first-order valence-corrected chi connectivity index (χ1v) is 11.4. The number of hydrogen-bond acceptors (Lipinski definition) is 5. The average Bonchev–Trinajstić information content (AvgIpc) is 3.04. The number of carbonyl (C=O) groups is 4. The Morgan fingerprint density at radius 1 is 0.968 bits per heavy atom. The van der Waals surface area contributed by atoms with Gasteiger partial charge in [-0.3, -0.25) is 19.3 Å². The highest BCUT2D eigenvalue weighted by Crippen LogP contribution is 2.31. The second-order valence-corrected chi connectivity index (χ2v) is 9.04. The molecule has 3 aliphatic rings. The highest BCUT2D eigenvalue weighted by molar-refractivity contribution is 6.22. The van der Waals surface area contributed by atoms with Crippen molar-refractivity contribution in [2.45, 2.75) is 76.8 Å². The fraction of sp³-hybridized carbons (Fsp3) is 0.583. The van der Waals surface area contributed by atoms with Crippen molar-refractivity contribution in [1.82, 2.24) is 10.2 Å². The summed E-state index contributed by atoms with van der Waals surface area (Å²) in [5.41, 5.74) is 0.742. The van der Waals surface area contributed by atoms with Gasteiger partial charge in [-0.05, 0) is 49.8 Å². The molecule has 3 amide bonds. The molecule has 2 fully saturated rings. The molecule has 31 heavy (non-hydrogen) atoms. The van der Waals surface area contributed by atoms with Crippen molar-refractivity contribution >= 4 is 23.7 Å². The molecule has 0 bridgehead atoms. The highest BCUT2D eigenvalue weighted by Gasteiger charge is 2.40. The van der Waals surface area contributed by atoms with Gasteiger partial charge in [0.1, 0.15) is 0 Å². The van der Waals surface area contributed by atoms with Crippen LogP contribution >= 0.6 is 0 Å². The molecule has 2 saturated carbocycles. The van der Waals surface area contributed by atoms with Gasteiger partial charge in [-0.2, -0.15) is 0 Å². The SMILES string of the molecule is C[C@H]1CCCC[C@@H]1NC(=O)COC(=O)c1ccc2c(c1)C(=O)N(C1CCCCC1)C2=O. The summed E-state index contributed by atoms with van der Waals surface area (Å²) in [6.07, 6.45) is 9.11. The maximum Gasteiger partial charge on any atom is 0.338 e. The third kappa shape index (κ3) is 4.50. The summed E-state index contributed by atoms with van der Waals surface area (Å²) in [5.74, 6) is -1.20. The van der Waals surface area contributed by atoms with Crippen LogP contribution < -0.4 is 5.32 Å². The number of fused-ring (bicyclic) bond motifs is 1. The molecular formula is C24H30N2O5. The molecule has 1 aromatic carbocycles. The van der Waals surface area contributed by atoms with Crippen molar-refractivity contribution in [2.75, 3.05) is 6.61 Å². The van der Waals surface area contributed by atoms with Gasteiger partial charge in [0.25, 0.3) is 17.7 Å². The number of rotatable bonds is 5. The molecule has 0 aromatic heterocycles. The van der Waals surface area contributed by atoms with E-state index < -0.39 is 5.97 Å². The molecule has 1 aliphatic heterocycles. The van der Waals surface area contributed by atoms with E-state index in [1.165, 1.54) is 29.5 Å². The van der Waals surface area contributed by atoms with Crippen LogP contribution in [0.1, 0.15) is 95.8 Å². The molecule has 4 rings (SSSR count). The summed E-state index contributed by atoms with van der Waals surface area (Å²) >= 11 is 0. The van der Waals surface area contributed by atoms with Crippen LogP contribution in [0.15, 0.2) is 18.2 Å². The lowest BCUT2D eigenvalue weighted by molar-refractivity contribution is -0.125. The van der Waals surface area contributed by atoms with Gasteiger partial charge in [0.05, 0.1) is 16.7 Å². The highest BCUT2D eigenvalue weighted by atomic mass is 16.5. The average molecular weight is 427 g/mol. The molecule has 166 valence electrons. The number of amides is 3. The van der Waals surface area contributed by atoms with E-state index >= 15 is 0 Å². The number of hydrogen-bond donors (Lipinski definition) is 1. The Labute approximate surface area is 182 Å². The number of benzene rings is 1. The molecule has 1 heterocycles. The van der Waals surface area contributed by atoms with Gasteiger partial charge in [0.2, 0.25) is 0 Å². The lowest BCUT2D eigenvalue weighted by Crippen LogP contribution is -2.42. The Balaban J connectivity index is 1.37. The monoisotopic (exact) mass is 426 g/mol. The first kappa shape index (κ1) is 21.5. The summed E-state index contributed by atoms with van der Waals surface area (Å²) < 4.78 is 5.17. The Kier molecular flexibility index (Phi) is 6.39. The van der Waals surface area contributed by atoms with E-state index in [1.54, 1.807) is 0 Å². The normalized spacial score (nSPS) is 24.1. The predicted molar refractivity (Wildman–Crippen MR) is 114 cm³/mol. The Hall–Kier alpha value is -2.70. The first-order valence-electron chi connectivity index (χ1n) is 11.4.